The van der Waals surface area contributed by atoms with Crippen LogP contribution in [0.1, 0.15) is 5.56 Å². The van der Waals surface area contributed by atoms with Crippen LogP contribution in [0.15, 0.2) is 40.9 Å². The number of aliphatic hydroxyl groups is 1. The Labute approximate surface area is 152 Å². The first-order valence-corrected chi connectivity index (χ1v) is 8.03. The van der Waals surface area contributed by atoms with Crippen LogP contribution in [-0.2, 0) is 6.61 Å². The Bertz CT molecular complexity index is 856. The molecule has 23 heavy (non-hydrogen) atoms. The first-order chi connectivity index (χ1) is 11.0. The Morgan fingerprint density at radius 3 is 2.22 bits per heavy atom. The normalized spacial score (nSPS) is 11.0. The lowest BCUT2D eigenvalue weighted by Gasteiger charge is -2.06. The zero-order chi connectivity index (χ0) is 16.6. The number of nitrogens with zero attached hydrogens (tertiary/aromatic N) is 1. The summed E-state index contributed by atoms with van der Waals surface area (Å²) in [4.78, 5) is 0. The van der Waals surface area contributed by atoms with Crippen LogP contribution in [-0.4, -0.2) is 10.3 Å². The number of halogens is 4. The average molecular weight is 389 g/mol. The molecule has 3 nitrogen and oxygen atoms in total. The Morgan fingerprint density at radius 2 is 1.61 bits per heavy atom. The van der Waals surface area contributed by atoms with Crippen LogP contribution in [0.4, 0.5) is 0 Å². The van der Waals surface area contributed by atoms with E-state index >= 15 is 0 Å². The van der Waals surface area contributed by atoms with Gasteiger partial charge in [0.2, 0.25) is 0 Å². The van der Waals surface area contributed by atoms with Crippen molar-refractivity contribution in [2.24, 2.45) is 0 Å². The van der Waals surface area contributed by atoms with E-state index in [1.54, 1.807) is 36.4 Å². The smallest absolute Gasteiger partial charge is 0.173 e. The van der Waals surface area contributed by atoms with Crippen LogP contribution in [0.2, 0.25) is 20.1 Å². The van der Waals surface area contributed by atoms with Gasteiger partial charge in [-0.2, -0.15) is 0 Å². The predicted octanol–water partition coefficient (Wildman–Crippen LogP) is 6.11. The minimum Gasteiger partial charge on any atom is -0.391 e. The minimum atomic E-state index is -0.296. The lowest BCUT2D eigenvalue weighted by Crippen LogP contribution is -1.91. The summed E-state index contributed by atoms with van der Waals surface area (Å²) < 4.78 is 5.40. The van der Waals surface area contributed by atoms with Gasteiger partial charge in [0.05, 0.1) is 32.3 Å². The molecule has 0 unspecified atom stereocenters. The predicted molar refractivity (Wildman–Crippen MR) is 93.3 cm³/mol. The molecule has 0 aliphatic heterocycles. The number of aromatic nitrogens is 1. The van der Waals surface area contributed by atoms with Gasteiger partial charge in [0.25, 0.3) is 0 Å². The summed E-state index contributed by atoms with van der Waals surface area (Å²) in [5.41, 5.74) is 2.02. The molecule has 0 radical (unpaired) electrons. The third kappa shape index (κ3) is 3.08. The maximum absolute atomic E-state index is 9.77. The minimum absolute atomic E-state index is 0.296. The Balaban J connectivity index is 2.19. The molecule has 0 bridgehead atoms. The molecule has 0 fully saturated rings. The summed E-state index contributed by atoms with van der Waals surface area (Å²) in [6, 6.07) is 10.1. The van der Waals surface area contributed by atoms with Gasteiger partial charge in [-0.25, -0.2) is 0 Å². The van der Waals surface area contributed by atoms with Crippen LogP contribution < -0.4 is 0 Å². The SMILES string of the molecule is OCc1c(-c2c(Cl)cccc2Cl)noc1-c1ccc(Cl)c(Cl)c1. The molecule has 1 heterocycles. The van der Waals surface area contributed by atoms with E-state index < -0.39 is 0 Å². The molecule has 0 saturated carbocycles. The maximum Gasteiger partial charge on any atom is 0.173 e. The molecular weight excluding hydrogens is 380 g/mol. The summed E-state index contributed by atoms with van der Waals surface area (Å²) in [6.07, 6.45) is 0. The molecule has 3 rings (SSSR count). The van der Waals surface area contributed by atoms with Gasteiger partial charge in [-0.3, -0.25) is 0 Å². The van der Waals surface area contributed by atoms with Crippen molar-refractivity contribution in [3.05, 3.63) is 62.1 Å². The van der Waals surface area contributed by atoms with Crippen LogP contribution in [0.5, 0.6) is 0 Å². The summed E-state index contributed by atoms with van der Waals surface area (Å²) >= 11 is 24.4. The van der Waals surface area contributed by atoms with Crippen molar-refractivity contribution in [1.29, 1.82) is 0 Å². The molecule has 0 aliphatic carbocycles. The molecule has 0 amide bonds. The van der Waals surface area contributed by atoms with Gasteiger partial charge >= 0.3 is 0 Å². The van der Waals surface area contributed by atoms with Gasteiger partial charge < -0.3 is 9.63 Å². The van der Waals surface area contributed by atoms with Crippen molar-refractivity contribution in [1.82, 2.24) is 5.16 Å². The van der Waals surface area contributed by atoms with Gasteiger partial charge in [-0.1, -0.05) is 57.6 Å². The zero-order valence-electron chi connectivity index (χ0n) is 11.5. The molecule has 118 valence electrons. The van der Waals surface area contributed by atoms with E-state index in [0.717, 1.165) is 0 Å². The average Bonchev–Trinajstić information content (AvgIpc) is 2.93. The van der Waals surface area contributed by atoms with Crippen molar-refractivity contribution in [2.75, 3.05) is 0 Å². The molecule has 3 aromatic rings. The van der Waals surface area contributed by atoms with Gasteiger partial charge in [0.15, 0.2) is 5.76 Å². The Kier molecular flexibility index (Phi) is 4.85. The van der Waals surface area contributed by atoms with Crippen molar-refractivity contribution in [2.45, 2.75) is 6.61 Å². The van der Waals surface area contributed by atoms with E-state index in [-0.39, 0.29) is 6.61 Å². The lowest BCUT2D eigenvalue weighted by molar-refractivity contribution is 0.281. The highest BCUT2D eigenvalue weighted by Crippen LogP contribution is 2.40. The first-order valence-electron chi connectivity index (χ1n) is 6.52. The van der Waals surface area contributed by atoms with E-state index in [4.69, 9.17) is 50.9 Å². The molecule has 2 aromatic carbocycles. The second-order valence-electron chi connectivity index (χ2n) is 4.72. The lowest BCUT2D eigenvalue weighted by atomic mass is 10.0. The van der Waals surface area contributed by atoms with Crippen LogP contribution in [0, 0.1) is 0 Å². The Hall–Kier alpha value is -1.23. The molecule has 0 aliphatic rings. The van der Waals surface area contributed by atoms with Crippen LogP contribution >= 0.6 is 46.4 Å². The second kappa shape index (κ2) is 6.71. The first kappa shape index (κ1) is 16.6. The van der Waals surface area contributed by atoms with Gasteiger partial charge in [-0.15, -0.1) is 0 Å². The van der Waals surface area contributed by atoms with E-state index in [0.29, 0.717) is 48.2 Å². The molecule has 1 aromatic heterocycles. The van der Waals surface area contributed by atoms with E-state index in [1.165, 1.54) is 0 Å². The standard InChI is InChI=1S/C16H9Cl4NO2/c17-10-5-4-8(6-13(10)20)16-9(7-22)15(21-23-16)14-11(18)2-1-3-12(14)19/h1-6,22H,7H2. The zero-order valence-corrected chi connectivity index (χ0v) is 14.5. The van der Waals surface area contributed by atoms with E-state index in [9.17, 15) is 5.11 Å². The molecule has 7 heteroatoms. The number of rotatable bonds is 3. The van der Waals surface area contributed by atoms with Crippen LogP contribution in [0.25, 0.3) is 22.6 Å². The molecule has 0 saturated heterocycles. The van der Waals surface area contributed by atoms with E-state index in [2.05, 4.69) is 5.16 Å². The highest BCUT2D eigenvalue weighted by molar-refractivity contribution is 6.42. The van der Waals surface area contributed by atoms with Gasteiger partial charge in [0, 0.05) is 11.1 Å². The third-order valence-electron chi connectivity index (χ3n) is 3.33. The number of hydrogen-bond acceptors (Lipinski definition) is 3. The molecular formula is C16H9Cl4NO2. The summed E-state index contributed by atoms with van der Waals surface area (Å²) in [5.74, 6) is 0.386. The number of benzene rings is 2. The third-order valence-corrected chi connectivity index (χ3v) is 4.70. The summed E-state index contributed by atoms with van der Waals surface area (Å²) in [5, 5.41) is 15.4. The van der Waals surface area contributed by atoms with E-state index in [1.807, 2.05) is 0 Å². The van der Waals surface area contributed by atoms with Crippen molar-refractivity contribution < 1.29 is 9.63 Å². The second-order valence-corrected chi connectivity index (χ2v) is 6.35. The monoisotopic (exact) mass is 387 g/mol. The highest BCUT2D eigenvalue weighted by Gasteiger charge is 2.22. The Morgan fingerprint density at radius 1 is 0.913 bits per heavy atom. The maximum atomic E-state index is 9.77. The topological polar surface area (TPSA) is 46.3 Å². The van der Waals surface area contributed by atoms with Crippen LogP contribution in [0.3, 0.4) is 0 Å². The quantitative estimate of drug-likeness (QED) is 0.588. The molecule has 0 atom stereocenters. The highest BCUT2D eigenvalue weighted by atomic mass is 35.5. The van der Waals surface area contributed by atoms with Crippen molar-refractivity contribution >= 4 is 46.4 Å². The fourth-order valence-corrected chi connectivity index (χ4v) is 3.12. The largest absolute Gasteiger partial charge is 0.391 e. The molecule has 0 spiro atoms. The number of aliphatic hydroxyl groups excluding tert-OH is 1. The van der Waals surface area contributed by atoms with Gasteiger partial charge in [-0.05, 0) is 30.3 Å². The fraction of sp³-hybridized carbons (Fsp3) is 0.0625. The molecule has 1 N–H and O–H groups in total. The van der Waals surface area contributed by atoms with Gasteiger partial charge in [0.1, 0.15) is 5.69 Å². The van der Waals surface area contributed by atoms with Crippen molar-refractivity contribution in [3.63, 3.8) is 0 Å². The fourth-order valence-electron chi connectivity index (χ4n) is 2.24. The van der Waals surface area contributed by atoms with Crippen molar-refractivity contribution in [3.8, 4) is 22.6 Å². The summed E-state index contributed by atoms with van der Waals surface area (Å²) in [6.45, 7) is -0.296. The number of hydrogen-bond donors (Lipinski definition) is 1. The summed E-state index contributed by atoms with van der Waals surface area (Å²) in [7, 11) is 0.